The predicted octanol–water partition coefficient (Wildman–Crippen LogP) is 3.12. The number of hydrogen-bond acceptors (Lipinski definition) is 1. The molecule has 2 aromatic rings. The van der Waals surface area contributed by atoms with Gasteiger partial charge < -0.3 is 5.32 Å². The molecule has 1 atom stereocenters. The summed E-state index contributed by atoms with van der Waals surface area (Å²) in [4.78, 5) is 12.4. The number of aryl methyl sites for hydroxylation is 2. The van der Waals surface area contributed by atoms with E-state index in [9.17, 15) is 4.79 Å². The lowest BCUT2D eigenvalue weighted by molar-refractivity contribution is -0.684. The van der Waals surface area contributed by atoms with Crippen molar-refractivity contribution in [2.24, 2.45) is 0 Å². The van der Waals surface area contributed by atoms with Gasteiger partial charge >= 0.3 is 0 Å². The van der Waals surface area contributed by atoms with Crippen molar-refractivity contribution in [1.82, 2.24) is 5.32 Å². The van der Waals surface area contributed by atoms with Gasteiger partial charge in [0.1, 0.15) is 0 Å². The van der Waals surface area contributed by atoms with E-state index in [1.54, 1.807) is 0 Å². The number of nitrogens with one attached hydrogen (secondary N) is 1. The number of pyridine rings is 1. The van der Waals surface area contributed by atoms with Gasteiger partial charge in [-0.2, -0.15) is 4.57 Å². The van der Waals surface area contributed by atoms with Gasteiger partial charge in [-0.3, -0.25) is 4.79 Å². The van der Waals surface area contributed by atoms with Gasteiger partial charge in [-0.25, -0.2) is 0 Å². The molecule has 0 saturated carbocycles. The first-order chi connectivity index (χ1) is 11.3. The molecule has 0 fully saturated rings. The highest BCUT2D eigenvalue weighted by atomic mass is 16.2. The minimum atomic E-state index is 0.0833. The maximum Gasteiger partial charge on any atom is 0.286 e. The zero-order valence-electron chi connectivity index (χ0n) is 13.8. The molecule has 1 aliphatic carbocycles. The van der Waals surface area contributed by atoms with Crippen LogP contribution in [-0.2, 0) is 24.2 Å². The van der Waals surface area contributed by atoms with E-state index in [1.165, 1.54) is 16.7 Å². The topological polar surface area (TPSA) is 33.0 Å². The summed E-state index contributed by atoms with van der Waals surface area (Å²) in [5.41, 5.74) is 3.99. The molecule has 0 bridgehead atoms. The Bertz CT molecular complexity index is 664. The second kappa shape index (κ2) is 7.40. The number of nitrogens with zero attached hydrogens (tertiary/aromatic N) is 1. The van der Waals surface area contributed by atoms with Crippen molar-refractivity contribution in [3.8, 4) is 0 Å². The van der Waals surface area contributed by atoms with Crippen LogP contribution in [0.2, 0.25) is 0 Å². The molecule has 23 heavy (non-hydrogen) atoms. The molecule has 3 heteroatoms. The first-order valence-corrected chi connectivity index (χ1v) is 8.61. The van der Waals surface area contributed by atoms with Crippen LogP contribution in [0.3, 0.4) is 0 Å². The summed E-state index contributed by atoms with van der Waals surface area (Å²) < 4.78 is 1.95. The quantitative estimate of drug-likeness (QED) is 0.846. The number of fused-ring (bicyclic) bond motifs is 1. The van der Waals surface area contributed by atoms with E-state index in [4.69, 9.17) is 0 Å². The van der Waals surface area contributed by atoms with Crippen molar-refractivity contribution in [2.45, 2.75) is 51.6 Å². The van der Waals surface area contributed by atoms with Gasteiger partial charge in [0, 0.05) is 12.1 Å². The number of benzene rings is 1. The molecule has 1 aliphatic rings. The van der Waals surface area contributed by atoms with Gasteiger partial charge in [0.05, 0.1) is 6.04 Å². The third-order valence-corrected chi connectivity index (χ3v) is 4.53. The fraction of sp³-hybridized carbons (Fsp3) is 0.400. The summed E-state index contributed by atoms with van der Waals surface area (Å²) in [5.74, 6) is 0.0833. The molecule has 1 heterocycles. The second-order valence-electron chi connectivity index (χ2n) is 6.34. The number of carbonyl (C=O) groups is 1. The fourth-order valence-corrected chi connectivity index (χ4v) is 3.36. The van der Waals surface area contributed by atoms with Crippen LogP contribution in [0.1, 0.15) is 48.9 Å². The molecule has 1 aromatic carbocycles. The smallest absolute Gasteiger partial charge is 0.286 e. The first kappa shape index (κ1) is 15.7. The first-order valence-electron chi connectivity index (χ1n) is 8.61. The summed E-state index contributed by atoms with van der Waals surface area (Å²) in [6.45, 7) is 2.56. The molecule has 0 radical (unpaired) electrons. The zero-order chi connectivity index (χ0) is 16.1. The Balaban J connectivity index is 1.62. The molecule has 0 saturated heterocycles. The number of hydrogen-bond donors (Lipinski definition) is 1. The van der Waals surface area contributed by atoms with Gasteiger partial charge in [-0.15, -0.1) is 0 Å². The average molecular weight is 309 g/mol. The molecule has 120 valence electrons. The normalized spacial score (nSPS) is 16.7. The third kappa shape index (κ3) is 3.98. The summed E-state index contributed by atoms with van der Waals surface area (Å²) in [6.07, 6.45) is 9.52. The van der Waals surface area contributed by atoms with Crippen LogP contribution < -0.4 is 9.88 Å². The molecule has 0 unspecified atom stereocenters. The van der Waals surface area contributed by atoms with Crippen molar-refractivity contribution in [3.63, 3.8) is 0 Å². The van der Waals surface area contributed by atoms with E-state index >= 15 is 0 Å². The number of aromatic nitrogens is 1. The Morgan fingerprint density at radius 3 is 2.78 bits per heavy atom. The van der Waals surface area contributed by atoms with Crippen molar-refractivity contribution in [2.75, 3.05) is 0 Å². The lowest BCUT2D eigenvalue weighted by Gasteiger charge is -2.25. The SMILES string of the molecule is CCCc1cc[n+](CC(=O)N[C@H]2CCCc3ccccc32)cc1. The number of amides is 1. The highest BCUT2D eigenvalue weighted by Crippen LogP contribution is 2.29. The Morgan fingerprint density at radius 1 is 1.22 bits per heavy atom. The Morgan fingerprint density at radius 2 is 2.00 bits per heavy atom. The fourth-order valence-electron chi connectivity index (χ4n) is 3.36. The standard InChI is InChI=1S/C20H24N2O/c1-2-6-16-11-13-22(14-12-16)15-20(23)21-19-10-5-8-17-7-3-4-9-18(17)19/h3-4,7,9,11-14,19H,2,5-6,8,10,15H2,1H3/p+1/t19-/m0/s1. The van der Waals surface area contributed by atoms with E-state index in [0.717, 1.165) is 32.1 Å². The largest absolute Gasteiger partial charge is 0.344 e. The van der Waals surface area contributed by atoms with Crippen LogP contribution in [0.5, 0.6) is 0 Å². The molecule has 1 amide bonds. The molecular formula is C20H25N2O+. The monoisotopic (exact) mass is 309 g/mol. The van der Waals surface area contributed by atoms with Crippen LogP contribution in [0, 0.1) is 0 Å². The van der Waals surface area contributed by atoms with E-state index in [-0.39, 0.29) is 11.9 Å². The molecule has 0 spiro atoms. The Hall–Kier alpha value is -2.16. The van der Waals surface area contributed by atoms with E-state index in [1.807, 2.05) is 17.0 Å². The van der Waals surface area contributed by atoms with Gasteiger partial charge in [-0.05, 0) is 42.4 Å². The van der Waals surface area contributed by atoms with Gasteiger partial charge in [0.2, 0.25) is 6.54 Å². The Labute approximate surface area is 138 Å². The summed E-state index contributed by atoms with van der Waals surface area (Å²) in [7, 11) is 0. The van der Waals surface area contributed by atoms with Gasteiger partial charge in [0.15, 0.2) is 12.4 Å². The predicted molar refractivity (Wildman–Crippen MR) is 90.9 cm³/mol. The molecule has 0 aliphatic heterocycles. The van der Waals surface area contributed by atoms with Crippen molar-refractivity contribution in [1.29, 1.82) is 0 Å². The molecule has 3 rings (SSSR count). The van der Waals surface area contributed by atoms with Crippen LogP contribution in [0.15, 0.2) is 48.8 Å². The number of rotatable bonds is 5. The minimum absolute atomic E-state index is 0.0833. The highest BCUT2D eigenvalue weighted by molar-refractivity contribution is 5.75. The molecular weight excluding hydrogens is 284 g/mol. The van der Waals surface area contributed by atoms with Crippen molar-refractivity contribution >= 4 is 5.91 Å². The van der Waals surface area contributed by atoms with Crippen LogP contribution in [-0.4, -0.2) is 5.91 Å². The third-order valence-electron chi connectivity index (χ3n) is 4.53. The number of carbonyl (C=O) groups excluding carboxylic acids is 1. The lowest BCUT2D eigenvalue weighted by atomic mass is 9.88. The minimum Gasteiger partial charge on any atom is -0.344 e. The van der Waals surface area contributed by atoms with E-state index in [0.29, 0.717) is 6.54 Å². The van der Waals surface area contributed by atoms with Crippen LogP contribution >= 0.6 is 0 Å². The average Bonchev–Trinajstić information content (AvgIpc) is 2.57. The second-order valence-corrected chi connectivity index (χ2v) is 6.34. The van der Waals surface area contributed by atoms with Gasteiger partial charge in [0.25, 0.3) is 5.91 Å². The Kier molecular flexibility index (Phi) is 5.06. The lowest BCUT2D eigenvalue weighted by Crippen LogP contribution is -2.43. The van der Waals surface area contributed by atoms with Crippen molar-refractivity contribution < 1.29 is 9.36 Å². The van der Waals surface area contributed by atoms with Gasteiger partial charge in [-0.1, -0.05) is 37.6 Å². The molecule has 1 aromatic heterocycles. The maximum atomic E-state index is 12.4. The summed E-state index contributed by atoms with van der Waals surface area (Å²) in [5, 5.41) is 3.20. The van der Waals surface area contributed by atoms with Crippen LogP contribution in [0.25, 0.3) is 0 Å². The van der Waals surface area contributed by atoms with Crippen molar-refractivity contribution in [3.05, 3.63) is 65.5 Å². The molecule has 1 N–H and O–H groups in total. The van der Waals surface area contributed by atoms with Crippen LogP contribution in [0.4, 0.5) is 0 Å². The maximum absolute atomic E-state index is 12.4. The summed E-state index contributed by atoms with van der Waals surface area (Å²) in [6, 6.07) is 12.8. The van der Waals surface area contributed by atoms with E-state index < -0.39 is 0 Å². The summed E-state index contributed by atoms with van der Waals surface area (Å²) >= 11 is 0. The molecule has 3 nitrogen and oxygen atoms in total. The zero-order valence-corrected chi connectivity index (χ0v) is 13.8. The van der Waals surface area contributed by atoms with E-state index in [2.05, 4.69) is 48.6 Å². The highest BCUT2D eigenvalue weighted by Gasteiger charge is 2.22.